The van der Waals surface area contributed by atoms with Crippen LogP contribution in [0.3, 0.4) is 0 Å². The molecule has 33 heavy (non-hydrogen) atoms. The molecule has 0 aromatic heterocycles. The molecule has 3 rings (SSSR count). The van der Waals surface area contributed by atoms with Crippen LogP contribution in [0.15, 0.2) is 82.8 Å². The Morgan fingerprint density at radius 3 is 2.42 bits per heavy atom. The SMILES string of the molecule is CCOc1ccccc1N(CC(=O)N/N=C\c1ccccc1Cl)S(=O)(=O)c1ccc(C)cc1. The summed E-state index contributed by atoms with van der Waals surface area (Å²) >= 11 is 6.08. The third-order valence-corrected chi connectivity index (χ3v) is 6.75. The number of nitrogens with one attached hydrogen (secondary N) is 1. The molecule has 0 bridgehead atoms. The van der Waals surface area contributed by atoms with Crippen LogP contribution in [0.4, 0.5) is 5.69 Å². The number of nitrogens with zero attached hydrogens (tertiary/aromatic N) is 2. The molecule has 9 heteroatoms. The molecule has 0 aliphatic heterocycles. The van der Waals surface area contributed by atoms with Crippen molar-refractivity contribution in [3.8, 4) is 5.75 Å². The van der Waals surface area contributed by atoms with E-state index in [1.54, 1.807) is 67.6 Å². The van der Waals surface area contributed by atoms with Gasteiger partial charge in [-0.05, 0) is 44.2 Å². The molecule has 0 radical (unpaired) electrons. The van der Waals surface area contributed by atoms with E-state index in [1.807, 2.05) is 6.92 Å². The largest absolute Gasteiger partial charge is 0.492 e. The van der Waals surface area contributed by atoms with E-state index in [9.17, 15) is 13.2 Å². The molecular formula is C24H24ClN3O4S. The van der Waals surface area contributed by atoms with Crippen molar-refractivity contribution in [3.05, 3.63) is 88.9 Å². The van der Waals surface area contributed by atoms with E-state index in [4.69, 9.17) is 16.3 Å². The van der Waals surface area contributed by atoms with Crippen molar-refractivity contribution in [2.45, 2.75) is 18.7 Å². The Morgan fingerprint density at radius 2 is 1.73 bits per heavy atom. The zero-order valence-electron chi connectivity index (χ0n) is 18.2. The summed E-state index contributed by atoms with van der Waals surface area (Å²) in [6.45, 7) is 3.50. The Bertz CT molecular complexity index is 1240. The van der Waals surface area contributed by atoms with Crippen LogP contribution in [-0.4, -0.2) is 33.7 Å². The minimum atomic E-state index is -4.07. The first-order chi connectivity index (χ1) is 15.8. The van der Waals surface area contributed by atoms with Gasteiger partial charge in [-0.25, -0.2) is 13.8 Å². The molecule has 7 nitrogen and oxygen atoms in total. The van der Waals surface area contributed by atoms with E-state index in [-0.39, 0.29) is 10.6 Å². The molecule has 172 valence electrons. The van der Waals surface area contributed by atoms with Crippen molar-refractivity contribution in [1.29, 1.82) is 0 Å². The van der Waals surface area contributed by atoms with E-state index in [0.717, 1.165) is 9.87 Å². The second kappa shape index (κ2) is 11.0. The maximum absolute atomic E-state index is 13.5. The number of benzene rings is 3. The normalized spacial score (nSPS) is 11.4. The maximum Gasteiger partial charge on any atom is 0.264 e. The highest BCUT2D eigenvalue weighted by Gasteiger charge is 2.29. The molecule has 0 atom stereocenters. The Hall–Kier alpha value is -3.36. The summed E-state index contributed by atoms with van der Waals surface area (Å²) in [4.78, 5) is 12.8. The molecule has 0 saturated carbocycles. The molecule has 0 fully saturated rings. The molecule has 1 N–H and O–H groups in total. The second-order valence-electron chi connectivity index (χ2n) is 7.04. The first-order valence-electron chi connectivity index (χ1n) is 10.2. The number of carbonyl (C=O) groups is 1. The number of anilines is 1. The zero-order valence-corrected chi connectivity index (χ0v) is 19.8. The minimum absolute atomic E-state index is 0.0618. The monoisotopic (exact) mass is 485 g/mol. The molecule has 1 amide bonds. The zero-order chi connectivity index (χ0) is 23.8. The fourth-order valence-corrected chi connectivity index (χ4v) is 4.61. The highest BCUT2D eigenvalue weighted by atomic mass is 35.5. The van der Waals surface area contributed by atoms with Gasteiger partial charge in [-0.3, -0.25) is 9.10 Å². The number of hydrogen-bond acceptors (Lipinski definition) is 5. The van der Waals surface area contributed by atoms with E-state index < -0.39 is 22.5 Å². The van der Waals surface area contributed by atoms with Crippen LogP contribution in [-0.2, 0) is 14.8 Å². The lowest BCUT2D eigenvalue weighted by Gasteiger charge is -2.25. The first-order valence-corrected chi connectivity index (χ1v) is 12.0. The van der Waals surface area contributed by atoms with Crippen molar-refractivity contribution in [2.24, 2.45) is 5.10 Å². The highest BCUT2D eigenvalue weighted by molar-refractivity contribution is 7.92. The van der Waals surface area contributed by atoms with Crippen molar-refractivity contribution in [3.63, 3.8) is 0 Å². The van der Waals surface area contributed by atoms with E-state index >= 15 is 0 Å². The van der Waals surface area contributed by atoms with Gasteiger partial charge in [-0.1, -0.05) is 59.6 Å². The first kappa shape index (κ1) is 24.3. The van der Waals surface area contributed by atoms with Gasteiger partial charge in [0.25, 0.3) is 15.9 Å². The Kier molecular flexibility index (Phi) is 8.08. The lowest BCUT2D eigenvalue weighted by molar-refractivity contribution is -0.119. The fraction of sp³-hybridized carbons (Fsp3) is 0.167. The third-order valence-electron chi connectivity index (χ3n) is 4.63. The number of ether oxygens (including phenoxy) is 1. The maximum atomic E-state index is 13.5. The highest BCUT2D eigenvalue weighted by Crippen LogP contribution is 2.32. The number of amides is 1. The Morgan fingerprint density at radius 1 is 1.06 bits per heavy atom. The van der Waals surface area contributed by atoms with Gasteiger partial charge in [-0.15, -0.1) is 0 Å². The van der Waals surface area contributed by atoms with Crippen molar-refractivity contribution >= 4 is 39.4 Å². The molecule has 0 aliphatic carbocycles. The Balaban J connectivity index is 1.91. The molecule has 3 aromatic rings. The second-order valence-corrected chi connectivity index (χ2v) is 9.31. The summed E-state index contributed by atoms with van der Waals surface area (Å²) in [5, 5.41) is 4.39. The van der Waals surface area contributed by atoms with Gasteiger partial charge in [0, 0.05) is 10.6 Å². The molecule has 0 spiro atoms. The van der Waals surface area contributed by atoms with Gasteiger partial charge < -0.3 is 4.74 Å². The van der Waals surface area contributed by atoms with Gasteiger partial charge in [-0.2, -0.15) is 5.10 Å². The van der Waals surface area contributed by atoms with Crippen LogP contribution in [0.25, 0.3) is 0 Å². The fourth-order valence-electron chi connectivity index (χ4n) is 3.00. The average Bonchev–Trinajstić information content (AvgIpc) is 2.80. The summed E-state index contributed by atoms with van der Waals surface area (Å²) in [5.74, 6) is -0.275. The van der Waals surface area contributed by atoms with Crippen LogP contribution in [0, 0.1) is 6.92 Å². The third kappa shape index (κ3) is 6.12. The van der Waals surface area contributed by atoms with Crippen molar-refractivity contribution in [1.82, 2.24) is 5.43 Å². The van der Waals surface area contributed by atoms with E-state index in [1.165, 1.54) is 18.3 Å². The van der Waals surface area contributed by atoms with Crippen LogP contribution < -0.4 is 14.5 Å². The number of hydrogen-bond donors (Lipinski definition) is 1. The van der Waals surface area contributed by atoms with E-state index in [2.05, 4.69) is 10.5 Å². The predicted octanol–water partition coefficient (Wildman–Crippen LogP) is 4.39. The summed E-state index contributed by atoms with van der Waals surface area (Å²) in [7, 11) is -4.07. The number of hydrazone groups is 1. The molecular weight excluding hydrogens is 462 g/mol. The molecule has 0 heterocycles. The number of aryl methyl sites for hydroxylation is 1. The average molecular weight is 486 g/mol. The van der Waals surface area contributed by atoms with E-state index in [0.29, 0.717) is 22.9 Å². The van der Waals surface area contributed by atoms with Gasteiger partial charge in [0.2, 0.25) is 0 Å². The Labute approximate surface area is 198 Å². The van der Waals surface area contributed by atoms with Crippen molar-refractivity contribution in [2.75, 3.05) is 17.5 Å². The minimum Gasteiger partial charge on any atom is -0.492 e. The van der Waals surface area contributed by atoms with Crippen molar-refractivity contribution < 1.29 is 17.9 Å². The van der Waals surface area contributed by atoms with Crippen LogP contribution in [0.5, 0.6) is 5.75 Å². The number of carbonyl (C=O) groups excluding carboxylic acids is 1. The quantitative estimate of drug-likeness (QED) is 0.359. The standard InChI is InChI=1S/C24H24ClN3O4S/c1-3-32-23-11-7-6-10-22(23)28(33(30,31)20-14-12-18(2)13-15-20)17-24(29)27-26-16-19-8-4-5-9-21(19)25/h4-16H,3,17H2,1-2H3,(H,27,29)/b26-16-. The van der Waals surface area contributed by atoms with Crippen LogP contribution in [0.1, 0.15) is 18.1 Å². The van der Waals surface area contributed by atoms with Crippen LogP contribution in [0.2, 0.25) is 5.02 Å². The summed E-state index contributed by atoms with van der Waals surface area (Å²) in [6, 6.07) is 20.1. The number of halogens is 1. The van der Waals surface area contributed by atoms with Gasteiger partial charge in [0.15, 0.2) is 0 Å². The molecule has 0 aliphatic rings. The van der Waals surface area contributed by atoms with Crippen LogP contribution >= 0.6 is 11.6 Å². The molecule has 0 unspecified atom stereocenters. The lowest BCUT2D eigenvalue weighted by atomic mass is 10.2. The lowest BCUT2D eigenvalue weighted by Crippen LogP contribution is -2.39. The number of para-hydroxylation sites is 2. The summed E-state index contributed by atoms with van der Waals surface area (Å²) in [5.41, 5.74) is 4.16. The smallest absolute Gasteiger partial charge is 0.264 e. The predicted molar refractivity (Wildman–Crippen MR) is 131 cm³/mol. The summed E-state index contributed by atoms with van der Waals surface area (Å²) in [6.07, 6.45) is 1.40. The molecule has 3 aromatic carbocycles. The molecule has 0 saturated heterocycles. The summed E-state index contributed by atoms with van der Waals surface area (Å²) < 4.78 is 33.7. The van der Waals surface area contributed by atoms with Gasteiger partial charge in [0.05, 0.1) is 23.4 Å². The topological polar surface area (TPSA) is 88.1 Å². The number of rotatable bonds is 9. The van der Waals surface area contributed by atoms with Gasteiger partial charge in [0.1, 0.15) is 12.3 Å². The number of sulfonamides is 1. The van der Waals surface area contributed by atoms with Gasteiger partial charge >= 0.3 is 0 Å².